The highest BCUT2D eigenvalue weighted by atomic mass is 14.8. The highest BCUT2D eigenvalue weighted by molar-refractivity contribution is 6.10. The van der Waals surface area contributed by atoms with Crippen LogP contribution < -0.4 is 0 Å². The Morgan fingerprint density at radius 1 is 0.462 bits per heavy atom. The Labute approximate surface area is 225 Å². The highest BCUT2D eigenvalue weighted by Gasteiger charge is 2.13. The molecule has 0 radical (unpaired) electrons. The van der Waals surface area contributed by atoms with Crippen LogP contribution in [-0.2, 0) is 0 Å². The molecular weight excluding hydrogens is 478 g/mol. The first kappa shape index (κ1) is 22.9. The van der Waals surface area contributed by atoms with E-state index in [2.05, 4.69) is 75.6 Å². The summed E-state index contributed by atoms with van der Waals surface area (Å²) in [6, 6.07) is 35.1. The maximum absolute atomic E-state index is 4.90. The number of fused-ring (bicyclic) bond motifs is 3. The van der Waals surface area contributed by atoms with Crippen molar-refractivity contribution in [2.45, 2.75) is 6.92 Å². The Hall–Kier alpha value is -5.29. The van der Waals surface area contributed by atoms with E-state index in [1.54, 1.807) is 12.4 Å². The second-order valence-electron chi connectivity index (χ2n) is 9.48. The number of aryl methyl sites for hydroxylation is 1. The molecule has 0 aliphatic carbocycles. The molecule has 0 bridgehead atoms. The van der Waals surface area contributed by atoms with E-state index in [-0.39, 0.29) is 0 Å². The standard InChI is InChI=1S/C34H23N5/c1-22-10-15-27-28(19-25-7-6-18-37-33(25)34(27)38-22)24-13-11-23(12-14-24)26-20-31(29-8-2-4-16-35-29)39-32(21-26)30-9-3-5-17-36-30/h2-21H,1H3. The van der Waals surface area contributed by atoms with Gasteiger partial charge in [-0.15, -0.1) is 0 Å². The Morgan fingerprint density at radius 3 is 1.79 bits per heavy atom. The Bertz CT molecular complexity index is 1890. The normalized spacial score (nSPS) is 11.2. The molecule has 0 spiro atoms. The number of pyridine rings is 5. The van der Waals surface area contributed by atoms with Crippen LogP contribution in [0, 0.1) is 6.92 Å². The van der Waals surface area contributed by atoms with E-state index in [1.165, 1.54) is 0 Å². The number of benzene rings is 2. The van der Waals surface area contributed by atoms with Crippen molar-refractivity contribution in [3.63, 3.8) is 0 Å². The molecule has 2 aromatic carbocycles. The van der Waals surface area contributed by atoms with Gasteiger partial charge in [0, 0.05) is 35.1 Å². The summed E-state index contributed by atoms with van der Waals surface area (Å²) in [5, 5.41) is 2.18. The van der Waals surface area contributed by atoms with Crippen molar-refractivity contribution in [1.29, 1.82) is 0 Å². The Morgan fingerprint density at radius 2 is 1.13 bits per heavy atom. The molecule has 5 nitrogen and oxygen atoms in total. The lowest BCUT2D eigenvalue weighted by Crippen LogP contribution is -1.94. The van der Waals surface area contributed by atoms with E-state index in [9.17, 15) is 0 Å². The largest absolute Gasteiger partial charge is 0.255 e. The minimum atomic E-state index is 0.812. The smallest absolute Gasteiger partial charge is 0.0973 e. The first-order valence-corrected chi connectivity index (χ1v) is 12.8. The van der Waals surface area contributed by atoms with Gasteiger partial charge in [-0.25, -0.2) is 4.98 Å². The zero-order valence-corrected chi connectivity index (χ0v) is 21.3. The van der Waals surface area contributed by atoms with Crippen LogP contribution in [0.5, 0.6) is 0 Å². The lowest BCUT2D eigenvalue weighted by molar-refractivity contribution is 1.22. The van der Waals surface area contributed by atoms with Crippen molar-refractivity contribution in [1.82, 2.24) is 24.9 Å². The molecule has 5 aromatic heterocycles. The van der Waals surface area contributed by atoms with Crippen LogP contribution in [0.4, 0.5) is 0 Å². The number of hydrogen-bond acceptors (Lipinski definition) is 5. The third kappa shape index (κ3) is 4.30. The van der Waals surface area contributed by atoms with Crippen molar-refractivity contribution in [2.24, 2.45) is 0 Å². The van der Waals surface area contributed by atoms with E-state index in [0.29, 0.717) is 0 Å². The summed E-state index contributed by atoms with van der Waals surface area (Å²) in [6.45, 7) is 2.02. The molecule has 0 N–H and O–H groups in total. The Kier molecular flexibility index (Phi) is 5.60. The lowest BCUT2D eigenvalue weighted by Gasteiger charge is -2.12. The molecule has 5 heterocycles. The quantitative estimate of drug-likeness (QED) is 0.229. The molecule has 0 saturated carbocycles. The monoisotopic (exact) mass is 501 g/mol. The summed E-state index contributed by atoms with van der Waals surface area (Å²) >= 11 is 0. The summed E-state index contributed by atoms with van der Waals surface area (Å²) < 4.78 is 0. The second-order valence-corrected chi connectivity index (χ2v) is 9.48. The molecule has 5 heteroatoms. The van der Waals surface area contributed by atoms with Crippen LogP contribution >= 0.6 is 0 Å². The fraction of sp³-hybridized carbons (Fsp3) is 0.0294. The molecule has 0 atom stereocenters. The molecule has 39 heavy (non-hydrogen) atoms. The van der Waals surface area contributed by atoms with Crippen LogP contribution in [0.2, 0.25) is 0 Å². The molecule has 0 fully saturated rings. The summed E-state index contributed by atoms with van der Waals surface area (Å²) in [7, 11) is 0. The summed E-state index contributed by atoms with van der Waals surface area (Å²) in [4.78, 5) is 23.5. The molecule has 7 rings (SSSR count). The second kappa shape index (κ2) is 9.54. The number of hydrogen-bond donors (Lipinski definition) is 0. The van der Waals surface area contributed by atoms with Gasteiger partial charge in [-0.1, -0.05) is 48.5 Å². The van der Waals surface area contributed by atoms with Gasteiger partial charge in [0.05, 0.1) is 33.8 Å². The molecular formula is C34H23N5. The van der Waals surface area contributed by atoms with Crippen molar-refractivity contribution in [3.8, 4) is 45.0 Å². The van der Waals surface area contributed by atoms with Gasteiger partial charge in [0.2, 0.25) is 0 Å². The summed E-state index contributed by atoms with van der Waals surface area (Å²) in [5.74, 6) is 0. The topological polar surface area (TPSA) is 64.5 Å². The molecule has 184 valence electrons. The Balaban J connectivity index is 1.36. The van der Waals surface area contributed by atoms with Gasteiger partial charge >= 0.3 is 0 Å². The predicted molar refractivity (Wildman–Crippen MR) is 157 cm³/mol. The molecule has 7 aromatic rings. The van der Waals surface area contributed by atoms with Gasteiger partial charge in [0.15, 0.2) is 0 Å². The van der Waals surface area contributed by atoms with Crippen LogP contribution in [0.25, 0.3) is 66.8 Å². The first-order chi connectivity index (χ1) is 19.2. The third-order valence-corrected chi connectivity index (χ3v) is 6.90. The van der Waals surface area contributed by atoms with Crippen molar-refractivity contribution in [2.75, 3.05) is 0 Å². The van der Waals surface area contributed by atoms with Gasteiger partial charge in [-0.05, 0) is 83.8 Å². The fourth-order valence-electron chi connectivity index (χ4n) is 4.99. The van der Waals surface area contributed by atoms with Gasteiger partial charge in [-0.2, -0.15) is 0 Å². The lowest BCUT2D eigenvalue weighted by atomic mass is 9.95. The van der Waals surface area contributed by atoms with E-state index in [4.69, 9.17) is 9.97 Å². The van der Waals surface area contributed by atoms with Gasteiger partial charge in [0.25, 0.3) is 0 Å². The number of nitrogens with zero attached hydrogens (tertiary/aromatic N) is 5. The average molecular weight is 502 g/mol. The van der Waals surface area contributed by atoms with Crippen LogP contribution in [0.1, 0.15) is 5.69 Å². The van der Waals surface area contributed by atoms with E-state index in [0.717, 1.165) is 72.5 Å². The van der Waals surface area contributed by atoms with Gasteiger partial charge in [-0.3, -0.25) is 19.9 Å². The molecule has 0 aliphatic rings. The average Bonchev–Trinajstić information content (AvgIpc) is 3.01. The molecule has 0 saturated heterocycles. The highest BCUT2D eigenvalue weighted by Crippen LogP contribution is 2.35. The van der Waals surface area contributed by atoms with Gasteiger partial charge in [0.1, 0.15) is 0 Å². The molecule has 0 aliphatic heterocycles. The SMILES string of the molecule is Cc1ccc2c(-c3ccc(-c4cc(-c5ccccn5)nc(-c5ccccn5)c4)cc3)cc3cccnc3c2n1. The van der Waals surface area contributed by atoms with Gasteiger partial charge < -0.3 is 0 Å². The molecule has 0 amide bonds. The number of aromatic nitrogens is 5. The van der Waals surface area contributed by atoms with E-state index >= 15 is 0 Å². The zero-order chi connectivity index (χ0) is 26.2. The first-order valence-electron chi connectivity index (χ1n) is 12.8. The van der Waals surface area contributed by atoms with Crippen molar-refractivity contribution < 1.29 is 0 Å². The number of rotatable bonds is 4. The van der Waals surface area contributed by atoms with Crippen molar-refractivity contribution in [3.05, 3.63) is 127 Å². The van der Waals surface area contributed by atoms with Crippen LogP contribution in [0.15, 0.2) is 122 Å². The van der Waals surface area contributed by atoms with E-state index in [1.807, 2.05) is 55.6 Å². The maximum Gasteiger partial charge on any atom is 0.0973 e. The van der Waals surface area contributed by atoms with Crippen molar-refractivity contribution >= 4 is 21.8 Å². The minimum Gasteiger partial charge on any atom is -0.255 e. The third-order valence-electron chi connectivity index (χ3n) is 6.90. The van der Waals surface area contributed by atoms with Crippen LogP contribution in [-0.4, -0.2) is 24.9 Å². The zero-order valence-electron chi connectivity index (χ0n) is 21.3. The fourth-order valence-corrected chi connectivity index (χ4v) is 4.99. The van der Waals surface area contributed by atoms with Crippen LogP contribution in [0.3, 0.4) is 0 Å². The minimum absolute atomic E-state index is 0.812. The molecule has 0 unspecified atom stereocenters. The summed E-state index contributed by atoms with van der Waals surface area (Å²) in [5.41, 5.74) is 10.5. The van der Waals surface area contributed by atoms with E-state index < -0.39 is 0 Å². The maximum atomic E-state index is 4.90. The summed E-state index contributed by atoms with van der Waals surface area (Å²) in [6.07, 6.45) is 5.41. The predicted octanol–water partition coefficient (Wildman–Crippen LogP) is 7.94.